The van der Waals surface area contributed by atoms with Crippen molar-refractivity contribution in [2.24, 2.45) is 0 Å². The molecule has 2 aromatic carbocycles. The molecule has 0 spiro atoms. The van der Waals surface area contributed by atoms with E-state index in [-0.39, 0.29) is 0 Å². The van der Waals surface area contributed by atoms with Crippen molar-refractivity contribution < 1.29 is 4.74 Å². The van der Waals surface area contributed by atoms with Gasteiger partial charge in [0, 0.05) is 18.3 Å². The summed E-state index contributed by atoms with van der Waals surface area (Å²) in [5.74, 6) is 1.46. The lowest BCUT2D eigenvalue weighted by Gasteiger charge is -2.12. The predicted molar refractivity (Wildman–Crippen MR) is 144 cm³/mol. The van der Waals surface area contributed by atoms with Crippen LogP contribution in [0.1, 0.15) is 25.8 Å². The molecule has 0 aliphatic heterocycles. The summed E-state index contributed by atoms with van der Waals surface area (Å²) in [6, 6.07) is 18.2. The molecular weight excluding hydrogens is 478 g/mol. The summed E-state index contributed by atoms with van der Waals surface area (Å²) in [5.41, 5.74) is 2.09. The molecule has 1 N–H and O–H groups in total. The van der Waals surface area contributed by atoms with E-state index >= 15 is 0 Å². The van der Waals surface area contributed by atoms with Crippen LogP contribution in [0.5, 0.6) is 5.75 Å². The molecule has 0 saturated carbocycles. The van der Waals surface area contributed by atoms with E-state index < -0.39 is 0 Å². The minimum atomic E-state index is 0.370. The minimum Gasteiger partial charge on any atom is -0.493 e. The fourth-order valence-electron chi connectivity index (χ4n) is 3.32. The molecule has 2 aromatic heterocycles. The minimum absolute atomic E-state index is 0.370. The molecule has 4 aromatic rings. The van der Waals surface area contributed by atoms with Gasteiger partial charge in [0.1, 0.15) is 5.75 Å². The Balaban J connectivity index is 1.56. The molecule has 184 valence electrons. The third-order valence-electron chi connectivity index (χ3n) is 4.94. The topological polar surface area (TPSA) is 81.0 Å². The van der Waals surface area contributed by atoms with E-state index in [1.54, 1.807) is 16.4 Å². The number of rotatable bonds is 12. The summed E-state index contributed by atoms with van der Waals surface area (Å²) in [4.78, 5) is 6.87. The molecule has 4 rings (SSSR count). The summed E-state index contributed by atoms with van der Waals surface area (Å²) in [5, 5.41) is 19.6. The lowest BCUT2D eigenvalue weighted by molar-refractivity contribution is 0.282. The summed E-state index contributed by atoms with van der Waals surface area (Å²) >= 11 is 3.08. The van der Waals surface area contributed by atoms with Crippen molar-refractivity contribution in [1.29, 1.82) is 0 Å². The van der Waals surface area contributed by atoms with E-state index in [1.807, 2.05) is 42.5 Å². The van der Waals surface area contributed by atoms with Gasteiger partial charge in [-0.1, -0.05) is 79.4 Å². The van der Waals surface area contributed by atoms with Crippen LogP contribution in [0.4, 0.5) is 5.95 Å². The largest absolute Gasteiger partial charge is 0.493 e. The Morgan fingerprint density at radius 3 is 2.60 bits per heavy atom. The monoisotopic (exact) mass is 509 g/mol. The van der Waals surface area contributed by atoms with Crippen LogP contribution in [0.3, 0.4) is 0 Å². The quantitative estimate of drug-likeness (QED) is 0.205. The zero-order valence-electron chi connectivity index (χ0n) is 20.5. The highest BCUT2D eigenvalue weighted by atomic mass is 32.2. The van der Waals surface area contributed by atoms with Gasteiger partial charge in [0.25, 0.3) is 0 Å². The van der Waals surface area contributed by atoms with Crippen molar-refractivity contribution in [1.82, 2.24) is 29.9 Å². The standard InChI is InChI=1S/C25H31N7OS2/c1-18(2)34-24-27-23(26-17-19-11-6-5-7-12-19)32(30-24)25-29-28-22(35-25)20-13-8-9-14-21(20)33-16-10-15-31(3)4/h5-9,11-14,18H,10,15-17H2,1-4H3,(H,26,27,30). The van der Waals surface area contributed by atoms with Crippen LogP contribution >= 0.6 is 23.1 Å². The van der Waals surface area contributed by atoms with Crippen molar-refractivity contribution in [2.75, 3.05) is 32.6 Å². The molecule has 0 saturated heterocycles. The highest BCUT2D eigenvalue weighted by Crippen LogP contribution is 2.34. The predicted octanol–water partition coefficient (Wildman–Crippen LogP) is 5.23. The number of aromatic nitrogens is 5. The first-order chi connectivity index (χ1) is 17.0. The van der Waals surface area contributed by atoms with Crippen LogP contribution < -0.4 is 10.1 Å². The summed E-state index contributed by atoms with van der Waals surface area (Å²) < 4.78 is 7.82. The van der Waals surface area contributed by atoms with Gasteiger partial charge >= 0.3 is 0 Å². The van der Waals surface area contributed by atoms with Gasteiger partial charge in [-0.05, 0) is 38.2 Å². The van der Waals surface area contributed by atoms with Crippen molar-refractivity contribution >= 4 is 29.0 Å². The van der Waals surface area contributed by atoms with Crippen LogP contribution in [0.25, 0.3) is 15.7 Å². The molecule has 0 unspecified atom stereocenters. The zero-order valence-corrected chi connectivity index (χ0v) is 22.1. The second-order valence-electron chi connectivity index (χ2n) is 8.53. The first-order valence-corrected chi connectivity index (χ1v) is 13.3. The Morgan fingerprint density at radius 1 is 1.06 bits per heavy atom. The Hall–Kier alpha value is -2.95. The average molecular weight is 510 g/mol. The molecule has 10 heteroatoms. The number of benzene rings is 2. The van der Waals surface area contributed by atoms with Gasteiger partial charge in [-0.25, -0.2) is 0 Å². The highest BCUT2D eigenvalue weighted by molar-refractivity contribution is 7.99. The number of ether oxygens (including phenoxy) is 1. The Morgan fingerprint density at radius 2 is 1.83 bits per heavy atom. The summed E-state index contributed by atoms with van der Waals surface area (Å²) in [6.07, 6.45) is 0.953. The zero-order chi connectivity index (χ0) is 24.6. The third kappa shape index (κ3) is 7.03. The SMILES string of the molecule is CC(C)Sc1nc(NCc2ccccc2)n(-c2nnc(-c3ccccc3OCCCN(C)C)s2)n1. The summed E-state index contributed by atoms with van der Waals surface area (Å²) in [6.45, 7) is 6.52. The number of hydrogen-bond acceptors (Lipinski definition) is 9. The molecule has 0 atom stereocenters. The number of thioether (sulfide) groups is 1. The van der Waals surface area contributed by atoms with Gasteiger partial charge in [0.05, 0.1) is 12.2 Å². The molecule has 8 nitrogen and oxygen atoms in total. The van der Waals surface area contributed by atoms with Crippen LogP contribution in [0.2, 0.25) is 0 Å². The number of nitrogens with zero attached hydrogens (tertiary/aromatic N) is 6. The van der Waals surface area contributed by atoms with Gasteiger partial charge in [-0.15, -0.1) is 15.3 Å². The maximum Gasteiger partial charge on any atom is 0.236 e. The molecule has 0 bridgehead atoms. The van der Waals surface area contributed by atoms with E-state index in [0.29, 0.717) is 34.6 Å². The van der Waals surface area contributed by atoms with E-state index in [0.717, 1.165) is 29.3 Å². The second kappa shape index (κ2) is 12.1. The van der Waals surface area contributed by atoms with Gasteiger partial charge in [-0.3, -0.25) is 0 Å². The lowest BCUT2D eigenvalue weighted by Crippen LogP contribution is -2.15. The number of nitrogens with one attached hydrogen (secondary N) is 1. The van der Waals surface area contributed by atoms with E-state index in [4.69, 9.17) is 14.8 Å². The average Bonchev–Trinajstić information content (AvgIpc) is 3.48. The normalized spacial score (nSPS) is 11.4. The van der Waals surface area contributed by atoms with Gasteiger partial charge < -0.3 is 15.0 Å². The first kappa shape index (κ1) is 25.2. The van der Waals surface area contributed by atoms with Gasteiger partial charge in [0.15, 0.2) is 5.01 Å². The number of para-hydroxylation sites is 1. The Bertz CT molecular complexity index is 1210. The van der Waals surface area contributed by atoms with E-state index in [1.165, 1.54) is 16.9 Å². The molecule has 0 aliphatic rings. The smallest absolute Gasteiger partial charge is 0.236 e. The maximum absolute atomic E-state index is 6.08. The molecule has 0 radical (unpaired) electrons. The first-order valence-electron chi connectivity index (χ1n) is 11.6. The van der Waals surface area contributed by atoms with E-state index in [9.17, 15) is 0 Å². The Labute approximate surface area is 214 Å². The lowest BCUT2D eigenvalue weighted by atomic mass is 10.2. The van der Waals surface area contributed by atoms with Crippen LogP contribution in [0.15, 0.2) is 59.8 Å². The van der Waals surface area contributed by atoms with Crippen molar-refractivity contribution in [3.63, 3.8) is 0 Å². The fourth-order valence-corrected chi connectivity index (χ4v) is 4.84. The number of anilines is 1. The second-order valence-corrected chi connectivity index (χ2v) is 11.0. The van der Waals surface area contributed by atoms with Crippen molar-refractivity contribution in [3.05, 3.63) is 60.2 Å². The van der Waals surface area contributed by atoms with Crippen LogP contribution in [-0.2, 0) is 6.54 Å². The molecular formula is C25H31N7OS2. The van der Waals surface area contributed by atoms with E-state index in [2.05, 4.69) is 60.5 Å². The molecule has 0 amide bonds. The van der Waals surface area contributed by atoms with Crippen LogP contribution in [-0.4, -0.2) is 62.4 Å². The third-order valence-corrected chi connectivity index (χ3v) is 6.73. The van der Waals surface area contributed by atoms with Crippen LogP contribution in [0, 0.1) is 0 Å². The van der Waals surface area contributed by atoms with Crippen molar-refractivity contribution in [2.45, 2.75) is 37.2 Å². The summed E-state index contributed by atoms with van der Waals surface area (Å²) in [7, 11) is 4.13. The molecule has 2 heterocycles. The molecule has 0 aliphatic carbocycles. The van der Waals surface area contributed by atoms with Gasteiger partial charge in [-0.2, -0.15) is 9.67 Å². The molecule has 35 heavy (non-hydrogen) atoms. The molecule has 0 fully saturated rings. The fraction of sp³-hybridized carbons (Fsp3) is 0.360. The number of hydrogen-bond donors (Lipinski definition) is 1. The Kier molecular flexibility index (Phi) is 8.73. The van der Waals surface area contributed by atoms with Crippen molar-refractivity contribution in [3.8, 4) is 21.5 Å². The maximum atomic E-state index is 6.08. The highest BCUT2D eigenvalue weighted by Gasteiger charge is 2.19. The van der Waals surface area contributed by atoms with Gasteiger partial charge in [0.2, 0.25) is 16.2 Å².